The van der Waals surface area contributed by atoms with Crippen LogP contribution in [0.15, 0.2) is 4.42 Å². The summed E-state index contributed by atoms with van der Waals surface area (Å²) in [4.78, 5) is 23.7. The summed E-state index contributed by atoms with van der Waals surface area (Å²) in [7, 11) is 0. The molecular weight excluding hydrogens is 260 g/mol. The highest BCUT2D eigenvalue weighted by molar-refractivity contribution is 5.84. The Bertz CT molecular complexity index is 636. The molecular formula is C13H17N4O3-. The van der Waals surface area contributed by atoms with Gasteiger partial charge in [0.1, 0.15) is 5.82 Å². The Labute approximate surface area is 116 Å². The third kappa shape index (κ3) is 3.04. The van der Waals surface area contributed by atoms with Crippen LogP contribution in [0.5, 0.6) is 0 Å². The van der Waals surface area contributed by atoms with Gasteiger partial charge in [0.05, 0.1) is 12.0 Å². The number of hydrogen-bond acceptors (Lipinski definition) is 7. The van der Waals surface area contributed by atoms with Crippen molar-refractivity contribution in [3.63, 3.8) is 0 Å². The molecule has 2 heterocycles. The normalized spacial score (nSPS) is 12.8. The van der Waals surface area contributed by atoms with E-state index in [9.17, 15) is 9.90 Å². The summed E-state index contributed by atoms with van der Waals surface area (Å²) >= 11 is 0. The second kappa shape index (κ2) is 5.44. The Balaban J connectivity index is 2.38. The number of aliphatic carboxylic acids is 1. The van der Waals surface area contributed by atoms with Gasteiger partial charge in [-0.2, -0.15) is 4.98 Å². The molecule has 0 aliphatic rings. The second-order valence-corrected chi connectivity index (χ2v) is 5.15. The fourth-order valence-corrected chi connectivity index (χ4v) is 1.98. The van der Waals surface area contributed by atoms with Crippen molar-refractivity contribution in [1.29, 1.82) is 0 Å². The van der Waals surface area contributed by atoms with Crippen molar-refractivity contribution in [3.05, 3.63) is 11.7 Å². The lowest BCUT2D eigenvalue weighted by molar-refractivity contribution is -0.307. The van der Waals surface area contributed by atoms with Gasteiger partial charge in [-0.1, -0.05) is 13.8 Å². The van der Waals surface area contributed by atoms with Crippen molar-refractivity contribution in [2.45, 2.75) is 40.2 Å². The number of carboxylic acid groups (broad SMARTS) is 1. The minimum atomic E-state index is -1.16. The predicted octanol–water partition coefficient (Wildman–Crippen LogP) is 0.811. The molecule has 0 aliphatic heterocycles. The summed E-state index contributed by atoms with van der Waals surface area (Å²) in [5, 5.41) is 14.1. The summed E-state index contributed by atoms with van der Waals surface area (Å²) in [5.41, 5.74) is 0.780. The first kappa shape index (κ1) is 14.2. The molecule has 2 rings (SSSR count). The summed E-state index contributed by atoms with van der Waals surface area (Å²) < 4.78 is 5.35. The van der Waals surface area contributed by atoms with Crippen LogP contribution in [-0.4, -0.2) is 27.0 Å². The molecule has 0 saturated heterocycles. The van der Waals surface area contributed by atoms with Gasteiger partial charge in [-0.15, -0.1) is 0 Å². The number of rotatable bonds is 5. The molecule has 0 saturated carbocycles. The minimum absolute atomic E-state index is 0.211. The van der Waals surface area contributed by atoms with Crippen molar-refractivity contribution in [2.75, 3.05) is 5.32 Å². The van der Waals surface area contributed by atoms with E-state index in [1.165, 1.54) is 0 Å². The standard InChI is InChI=1S/C13H18N4O3/c1-6(2)5-9(13(18)19)17-11-10-12(15-7(3)14-11)20-8(4)16-10/h6,9H,5H2,1-4H3,(H,18,19)(H,14,15,17)/p-1/t9-/m0/s1. The maximum Gasteiger partial charge on any atom is 0.252 e. The first-order chi connectivity index (χ1) is 9.36. The molecule has 1 N–H and O–H groups in total. The SMILES string of the molecule is Cc1nc(N[C@@H](CC(C)C)C(=O)[O-])c2nc(C)oc2n1. The maximum atomic E-state index is 11.2. The van der Waals surface area contributed by atoms with Crippen molar-refractivity contribution in [3.8, 4) is 0 Å². The van der Waals surface area contributed by atoms with Gasteiger partial charge in [-0.05, 0) is 19.3 Å². The highest BCUT2D eigenvalue weighted by Crippen LogP contribution is 2.22. The first-order valence-corrected chi connectivity index (χ1v) is 6.46. The molecule has 0 aliphatic carbocycles. The number of carbonyl (C=O) groups is 1. The Morgan fingerprint density at radius 3 is 2.60 bits per heavy atom. The number of carboxylic acids is 1. The molecule has 0 fully saturated rings. The number of nitrogens with one attached hydrogen (secondary N) is 1. The summed E-state index contributed by atoms with van der Waals surface area (Å²) in [6.07, 6.45) is 0.434. The number of carbonyl (C=O) groups excluding carboxylic acids is 1. The van der Waals surface area contributed by atoms with Crippen LogP contribution in [0.4, 0.5) is 5.82 Å². The smallest absolute Gasteiger partial charge is 0.252 e. The van der Waals surface area contributed by atoms with E-state index in [4.69, 9.17) is 4.42 Å². The molecule has 7 heteroatoms. The molecule has 0 amide bonds. The van der Waals surface area contributed by atoms with E-state index in [2.05, 4.69) is 20.3 Å². The monoisotopic (exact) mass is 277 g/mol. The lowest BCUT2D eigenvalue weighted by atomic mass is 10.0. The molecule has 7 nitrogen and oxygen atoms in total. The van der Waals surface area contributed by atoms with E-state index in [1.54, 1.807) is 13.8 Å². The van der Waals surface area contributed by atoms with Crippen LogP contribution >= 0.6 is 0 Å². The minimum Gasteiger partial charge on any atom is -0.548 e. The van der Waals surface area contributed by atoms with Gasteiger partial charge in [0.25, 0.3) is 5.71 Å². The highest BCUT2D eigenvalue weighted by atomic mass is 16.4. The third-order valence-electron chi connectivity index (χ3n) is 2.78. The molecule has 1 atom stereocenters. The maximum absolute atomic E-state index is 11.2. The Kier molecular flexibility index (Phi) is 3.87. The van der Waals surface area contributed by atoms with Crippen LogP contribution < -0.4 is 10.4 Å². The Hall–Kier alpha value is -2.18. The Morgan fingerprint density at radius 1 is 1.30 bits per heavy atom. The van der Waals surface area contributed by atoms with Gasteiger partial charge in [-0.25, -0.2) is 9.97 Å². The summed E-state index contributed by atoms with van der Waals surface area (Å²) in [6, 6.07) is -0.829. The summed E-state index contributed by atoms with van der Waals surface area (Å²) in [5.74, 6) is 0.347. The number of fused-ring (bicyclic) bond motifs is 1. The number of oxazole rings is 1. The summed E-state index contributed by atoms with van der Waals surface area (Å²) in [6.45, 7) is 7.29. The number of nitrogens with zero attached hydrogens (tertiary/aromatic N) is 3. The second-order valence-electron chi connectivity index (χ2n) is 5.15. The average Bonchev–Trinajstić information content (AvgIpc) is 2.67. The van der Waals surface area contributed by atoms with Crippen LogP contribution in [0.25, 0.3) is 11.2 Å². The van der Waals surface area contributed by atoms with Gasteiger partial charge in [0.2, 0.25) is 0 Å². The number of aryl methyl sites for hydroxylation is 2. The highest BCUT2D eigenvalue weighted by Gasteiger charge is 2.17. The van der Waals surface area contributed by atoms with Crippen molar-refractivity contribution < 1.29 is 14.3 Å². The van der Waals surface area contributed by atoms with E-state index in [0.717, 1.165) is 0 Å². The van der Waals surface area contributed by atoms with Gasteiger partial charge in [0.15, 0.2) is 17.2 Å². The topological polar surface area (TPSA) is 104 Å². The third-order valence-corrected chi connectivity index (χ3v) is 2.78. The van der Waals surface area contributed by atoms with E-state index in [0.29, 0.717) is 35.2 Å². The van der Waals surface area contributed by atoms with Crippen molar-refractivity contribution >= 4 is 23.0 Å². The molecule has 0 aromatic carbocycles. The van der Waals surface area contributed by atoms with Crippen LogP contribution in [0.3, 0.4) is 0 Å². The van der Waals surface area contributed by atoms with E-state index in [-0.39, 0.29) is 5.92 Å². The zero-order chi connectivity index (χ0) is 14.9. The molecule has 2 aromatic rings. The van der Waals surface area contributed by atoms with Crippen LogP contribution in [-0.2, 0) is 4.79 Å². The Morgan fingerprint density at radius 2 is 2.00 bits per heavy atom. The lowest BCUT2D eigenvalue weighted by Crippen LogP contribution is -2.42. The average molecular weight is 277 g/mol. The lowest BCUT2D eigenvalue weighted by Gasteiger charge is -2.22. The zero-order valence-corrected chi connectivity index (χ0v) is 11.9. The van der Waals surface area contributed by atoms with Crippen LogP contribution in [0.2, 0.25) is 0 Å². The predicted molar refractivity (Wildman–Crippen MR) is 70.9 cm³/mol. The van der Waals surface area contributed by atoms with Gasteiger partial charge < -0.3 is 19.6 Å². The molecule has 0 spiro atoms. The van der Waals surface area contributed by atoms with Crippen LogP contribution in [0, 0.1) is 19.8 Å². The van der Waals surface area contributed by atoms with E-state index >= 15 is 0 Å². The van der Waals surface area contributed by atoms with E-state index < -0.39 is 12.0 Å². The van der Waals surface area contributed by atoms with Crippen molar-refractivity contribution in [2.24, 2.45) is 5.92 Å². The molecule has 0 radical (unpaired) electrons. The quantitative estimate of drug-likeness (QED) is 0.862. The first-order valence-electron chi connectivity index (χ1n) is 6.46. The van der Waals surface area contributed by atoms with Gasteiger partial charge in [-0.3, -0.25) is 0 Å². The zero-order valence-electron chi connectivity index (χ0n) is 11.9. The molecule has 0 unspecified atom stereocenters. The van der Waals surface area contributed by atoms with E-state index in [1.807, 2.05) is 13.8 Å². The molecule has 2 aromatic heterocycles. The number of anilines is 1. The fraction of sp³-hybridized carbons (Fsp3) is 0.538. The largest absolute Gasteiger partial charge is 0.548 e. The molecule has 0 bridgehead atoms. The number of hydrogen-bond donors (Lipinski definition) is 1. The van der Waals surface area contributed by atoms with Gasteiger partial charge >= 0.3 is 0 Å². The fourth-order valence-electron chi connectivity index (χ4n) is 1.98. The molecule has 108 valence electrons. The van der Waals surface area contributed by atoms with Gasteiger partial charge in [0, 0.05) is 6.92 Å². The van der Waals surface area contributed by atoms with Crippen LogP contribution in [0.1, 0.15) is 32.0 Å². The molecule has 20 heavy (non-hydrogen) atoms. The number of aromatic nitrogens is 3. The van der Waals surface area contributed by atoms with Crippen molar-refractivity contribution in [1.82, 2.24) is 15.0 Å².